The molecular formula is C22H31IN4O2. The van der Waals surface area contributed by atoms with Crippen LogP contribution >= 0.6 is 24.0 Å². The number of aryl methyl sites for hydroxylation is 1. The summed E-state index contributed by atoms with van der Waals surface area (Å²) in [5, 5.41) is 8.01. The molecule has 0 aliphatic carbocycles. The molecule has 0 bridgehead atoms. The third-order valence-corrected chi connectivity index (χ3v) is 4.50. The lowest BCUT2D eigenvalue weighted by atomic mass is 10.1. The Morgan fingerprint density at radius 1 is 1.24 bits per heavy atom. The van der Waals surface area contributed by atoms with Gasteiger partial charge in [-0.1, -0.05) is 12.1 Å². The predicted octanol–water partition coefficient (Wildman–Crippen LogP) is 4.39. The number of guanidine groups is 1. The molecule has 2 heterocycles. The van der Waals surface area contributed by atoms with Crippen LogP contribution in [0.3, 0.4) is 0 Å². The molecule has 0 radical (unpaired) electrons. The van der Waals surface area contributed by atoms with E-state index in [0.29, 0.717) is 13.2 Å². The van der Waals surface area contributed by atoms with Crippen molar-refractivity contribution in [3.05, 3.63) is 59.7 Å². The number of hydrogen-bond acceptors (Lipinski definition) is 3. The lowest BCUT2D eigenvalue weighted by Crippen LogP contribution is -2.38. The number of aliphatic imine (C=N–C) groups is 1. The van der Waals surface area contributed by atoms with Gasteiger partial charge < -0.3 is 24.8 Å². The Bertz CT molecular complexity index is 874. The fraction of sp³-hybridized carbons (Fsp3) is 0.409. The zero-order chi connectivity index (χ0) is 19.6. The van der Waals surface area contributed by atoms with E-state index in [1.54, 1.807) is 6.26 Å². The lowest BCUT2D eigenvalue weighted by Gasteiger charge is -2.11. The smallest absolute Gasteiger partial charge is 0.191 e. The Hall–Kier alpha value is -2.00. The SMILES string of the molecule is CCNC(=NCCCOCc1ccco1)NCCc1c[nH]c2cc(C)ccc12.I. The van der Waals surface area contributed by atoms with Gasteiger partial charge >= 0.3 is 0 Å². The molecule has 0 atom stereocenters. The first-order valence-corrected chi connectivity index (χ1v) is 9.95. The molecule has 6 nitrogen and oxygen atoms in total. The van der Waals surface area contributed by atoms with Crippen molar-refractivity contribution in [3.63, 3.8) is 0 Å². The van der Waals surface area contributed by atoms with Gasteiger partial charge in [-0.05, 0) is 56.0 Å². The van der Waals surface area contributed by atoms with E-state index in [1.165, 1.54) is 22.0 Å². The molecule has 0 saturated heterocycles. The van der Waals surface area contributed by atoms with Crippen molar-refractivity contribution in [1.29, 1.82) is 0 Å². The van der Waals surface area contributed by atoms with E-state index in [2.05, 4.69) is 58.9 Å². The van der Waals surface area contributed by atoms with Gasteiger partial charge in [-0.2, -0.15) is 0 Å². The van der Waals surface area contributed by atoms with Crippen LogP contribution in [0.4, 0.5) is 0 Å². The molecule has 3 aromatic rings. The van der Waals surface area contributed by atoms with Crippen LogP contribution in [-0.2, 0) is 17.8 Å². The van der Waals surface area contributed by atoms with Crippen molar-refractivity contribution < 1.29 is 9.15 Å². The quantitative estimate of drug-likeness (QED) is 0.164. The Kier molecular flexibility index (Phi) is 10.1. The molecule has 7 heteroatoms. The highest BCUT2D eigenvalue weighted by Crippen LogP contribution is 2.19. The average Bonchev–Trinajstić information content (AvgIpc) is 3.34. The Labute approximate surface area is 189 Å². The molecule has 3 N–H and O–H groups in total. The number of halogens is 1. The van der Waals surface area contributed by atoms with Crippen molar-refractivity contribution >= 4 is 40.8 Å². The van der Waals surface area contributed by atoms with E-state index in [-0.39, 0.29) is 24.0 Å². The van der Waals surface area contributed by atoms with Crippen LogP contribution in [-0.4, -0.2) is 37.2 Å². The molecule has 0 aliphatic rings. The summed E-state index contributed by atoms with van der Waals surface area (Å²) in [5.74, 6) is 1.70. The van der Waals surface area contributed by atoms with Crippen molar-refractivity contribution in [2.75, 3.05) is 26.2 Å². The predicted molar refractivity (Wildman–Crippen MR) is 129 cm³/mol. The molecule has 3 rings (SSSR count). The topological polar surface area (TPSA) is 74.6 Å². The van der Waals surface area contributed by atoms with Crippen molar-refractivity contribution in [2.24, 2.45) is 4.99 Å². The molecule has 158 valence electrons. The van der Waals surface area contributed by atoms with Gasteiger partial charge in [0.1, 0.15) is 12.4 Å². The first-order chi connectivity index (χ1) is 13.8. The van der Waals surface area contributed by atoms with Gasteiger partial charge in [0.05, 0.1) is 6.26 Å². The third-order valence-electron chi connectivity index (χ3n) is 4.50. The zero-order valence-electron chi connectivity index (χ0n) is 17.2. The minimum atomic E-state index is 0. The van der Waals surface area contributed by atoms with E-state index < -0.39 is 0 Å². The maximum atomic E-state index is 5.59. The summed E-state index contributed by atoms with van der Waals surface area (Å²) >= 11 is 0. The highest BCUT2D eigenvalue weighted by Gasteiger charge is 2.04. The van der Waals surface area contributed by atoms with Crippen LogP contribution in [0.5, 0.6) is 0 Å². The van der Waals surface area contributed by atoms with E-state index in [9.17, 15) is 0 Å². The second-order valence-electron chi connectivity index (χ2n) is 6.79. The van der Waals surface area contributed by atoms with Crippen LogP contribution in [0, 0.1) is 6.92 Å². The standard InChI is InChI=1S/C22H30N4O2.HI/c1-3-23-22(24-10-5-12-27-16-19-6-4-13-28-19)25-11-9-18-15-26-21-14-17(2)7-8-20(18)21;/h4,6-8,13-15,26H,3,5,9-12,16H2,1-2H3,(H2,23,24,25);1H. The zero-order valence-corrected chi connectivity index (χ0v) is 19.5. The molecule has 1 aromatic carbocycles. The Morgan fingerprint density at radius 2 is 2.14 bits per heavy atom. The molecule has 29 heavy (non-hydrogen) atoms. The normalized spacial score (nSPS) is 11.4. The van der Waals surface area contributed by atoms with E-state index in [0.717, 1.165) is 44.2 Å². The number of rotatable bonds is 10. The number of benzene rings is 1. The van der Waals surface area contributed by atoms with Gasteiger partial charge in [-0.3, -0.25) is 4.99 Å². The number of hydrogen-bond donors (Lipinski definition) is 3. The minimum Gasteiger partial charge on any atom is -0.467 e. The fourth-order valence-electron chi connectivity index (χ4n) is 3.09. The van der Waals surface area contributed by atoms with Crippen LogP contribution in [0.25, 0.3) is 10.9 Å². The highest BCUT2D eigenvalue weighted by molar-refractivity contribution is 14.0. The van der Waals surface area contributed by atoms with E-state index in [4.69, 9.17) is 9.15 Å². The molecule has 2 aromatic heterocycles. The van der Waals surface area contributed by atoms with Crippen LogP contribution in [0.1, 0.15) is 30.2 Å². The molecule has 0 spiro atoms. The molecule has 0 fully saturated rings. The number of fused-ring (bicyclic) bond motifs is 1. The molecule has 0 amide bonds. The Balaban J connectivity index is 0.00000300. The average molecular weight is 510 g/mol. The van der Waals surface area contributed by atoms with Gasteiger partial charge in [0.2, 0.25) is 0 Å². The summed E-state index contributed by atoms with van der Waals surface area (Å²) in [6.07, 6.45) is 5.58. The third kappa shape index (κ3) is 7.40. The number of nitrogens with one attached hydrogen (secondary N) is 3. The van der Waals surface area contributed by atoms with E-state index in [1.807, 2.05) is 12.1 Å². The summed E-state index contributed by atoms with van der Waals surface area (Å²) < 4.78 is 10.8. The largest absolute Gasteiger partial charge is 0.467 e. The summed E-state index contributed by atoms with van der Waals surface area (Å²) in [5.41, 5.74) is 3.79. The van der Waals surface area contributed by atoms with Gasteiger partial charge in [-0.15, -0.1) is 24.0 Å². The van der Waals surface area contributed by atoms with Crippen molar-refractivity contribution in [1.82, 2.24) is 15.6 Å². The van der Waals surface area contributed by atoms with Gasteiger partial charge in [0, 0.05) is 43.3 Å². The van der Waals surface area contributed by atoms with Gasteiger partial charge in [0.25, 0.3) is 0 Å². The maximum absolute atomic E-state index is 5.59. The van der Waals surface area contributed by atoms with E-state index >= 15 is 0 Å². The minimum absolute atomic E-state index is 0. The number of nitrogens with zero attached hydrogens (tertiary/aromatic N) is 1. The molecule has 0 unspecified atom stereocenters. The second kappa shape index (κ2) is 12.5. The summed E-state index contributed by atoms with van der Waals surface area (Å²) in [7, 11) is 0. The Morgan fingerprint density at radius 3 is 2.93 bits per heavy atom. The van der Waals surface area contributed by atoms with Gasteiger partial charge in [0.15, 0.2) is 5.96 Å². The second-order valence-corrected chi connectivity index (χ2v) is 6.79. The number of aromatic amines is 1. The lowest BCUT2D eigenvalue weighted by molar-refractivity contribution is 0.105. The molecule has 0 aliphatic heterocycles. The summed E-state index contributed by atoms with van der Waals surface area (Å²) in [4.78, 5) is 7.99. The van der Waals surface area contributed by atoms with Crippen LogP contribution in [0.15, 0.2) is 52.2 Å². The maximum Gasteiger partial charge on any atom is 0.191 e. The molecule has 0 saturated carbocycles. The first-order valence-electron chi connectivity index (χ1n) is 9.95. The number of aromatic nitrogens is 1. The van der Waals surface area contributed by atoms with Gasteiger partial charge in [-0.25, -0.2) is 0 Å². The summed E-state index contributed by atoms with van der Waals surface area (Å²) in [6, 6.07) is 10.3. The van der Waals surface area contributed by atoms with Crippen LogP contribution in [0.2, 0.25) is 0 Å². The number of furan rings is 1. The summed E-state index contributed by atoms with van der Waals surface area (Å²) in [6.45, 7) is 7.76. The molecular weight excluding hydrogens is 479 g/mol. The van der Waals surface area contributed by atoms with Crippen molar-refractivity contribution in [2.45, 2.75) is 33.3 Å². The highest BCUT2D eigenvalue weighted by atomic mass is 127. The first kappa shape index (κ1) is 23.3. The monoisotopic (exact) mass is 510 g/mol. The number of H-pyrrole nitrogens is 1. The van der Waals surface area contributed by atoms with Crippen molar-refractivity contribution in [3.8, 4) is 0 Å². The van der Waals surface area contributed by atoms with Crippen LogP contribution < -0.4 is 10.6 Å². The fourth-order valence-corrected chi connectivity index (χ4v) is 3.09. The number of ether oxygens (including phenoxy) is 1.